The third-order valence-corrected chi connectivity index (χ3v) is 4.27. The Balaban J connectivity index is 2.07. The zero-order valence-electron chi connectivity index (χ0n) is 13.9. The highest BCUT2D eigenvalue weighted by Crippen LogP contribution is 2.28. The number of aliphatic hydroxyl groups is 6. The van der Waals surface area contributed by atoms with Gasteiger partial charge in [0.2, 0.25) is 0 Å². The highest BCUT2D eigenvalue weighted by Gasteiger charge is 2.49. The van der Waals surface area contributed by atoms with Crippen LogP contribution in [0.3, 0.4) is 0 Å². The van der Waals surface area contributed by atoms with Crippen LogP contribution in [0.2, 0.25) is 0 Å². The molecule has 11 nitrogen and oxygen atoms in total. The molecule has 2 saturated heterocycles. The molecule has 0 amide bonds. The number of ether oxygens (including phenoxy) is 5. The molecule has 0 bridgehead atoms. The lowest BCUT2D eigenvalue weighted by Gasteiger charge is -2.44. The molecule has 2 rings (SSSR count). The Kier molecular flexibility index (Phi) is 7.49. The van der Waals surface area contributed by atoms with Gasteiger partial charge in [0.1, 0.15) is 48.8 Å². The minimum atomic E-state index is -1.64. The Morgan fingerprint density at radius 3 is 1.28 bits per heavy atom. The van der Waals surface area contributed by atoms with Crippen LogP contribution in [-0.4, -0.2) is 119 Å². The van der Waals surface area contributed by atoms with Gasteiger partial charge in [-0.1, -0.05) is 0 Å². The van der Waals surface area contributed by atoms with Crippen LogP contribution in [0.25, 0.3) is 0 Å². The van der Waals surface area contributed by atoms with Gasteiger partial charge >= 0.3 is 0 Å². The van der Waals surface area contributed by atoms with Crippen molar-refractivity contribution < 1.29 is 54.3 Å². The van der Waals surface area contributed by atoms with Crippen molar-refractivity contribution in [3.05, 3.63) is 0 Å². The van der Waals surface area contributed by atoms with Crippen molar-refractivity contribution in [1.29, 1.82) is 0 Å². The summed E-state index contributed by atoms with van der Waals surface area (Å²) in [5, 5.41) is 59.6. The van der Waals surface area contributed by atoms with E-state index in [1.807, 2.05) is 0 Å². The molecule has 0 aromatic rings. The van der Waals surface area contributed by atoms with Crippen LogP contribution in [0.4, 0.5) is 0 Å². The maximum atomic E-state index is 10.0. The van der Waals surface area contributed by atoms with Gasteiger partial charge in [-0.05, 0) is 0 Å². The molecule has 0 radical (unpaired) electrons. The number of methoxy groups -OCH3 is 2. The van der Waals surface area contributed by atoms with Crippen molar-refractivity contribution in [2.75, 3.05) is 27.4 Å². The van der Waals surface area contributed by atoms with Crippen molar-refractivity contribution in [2.24, 2.45) is 0 Å². The summed E-state index contributed by atoms with van der Waals surface area (Å²) in [7, 11) is 2.73. The van der Waals surface area contributed by atoms with E-state index in [1.165, 1.54) is 14.2 Å². The summed E-state index contributed by atoms with van der Waals surface area (Å²) in [4.78, 5) is 0. The third-order valence-electron chi connectivity index (χ3n) is 4.27. The molecular formula is C14H26O11. The molecule has 10 atom stereocenters. The van der Waals surface area contributed by atoms with Gasteiger partial charge in [0, 0.05) is 14.2 Å². The quantitative estimate of drug-likeness (QED) is 0.269. The van der Waals surface area contributed by atoms with Gasteiger partial charge in [-0.25, -0.2) is 0 Å². The van der Waals surface area contributed by atoms with E-state index >= 15 is 0 Å². The first-order valence-corrected chi connectivity index (χ1v) is 7.84. The highest BCUT2D eigenvalue weighted by atomic mass is 16.8. The average molecular weight is 370 g/mol. The maximum absolute atomic E-state index is 10.0. The second kappa shape index (κ2) is 8.97. The lowest BCUT2D eigenvalue weighted by atomic mass is 9.98. The minimum Gasteiger partial charge on any atom is -0.387 e. The molecule has 0 aromatic heterocycles. The van der Waals surface area contributed by atoms with E-state index in [2.05, 4.69) is 0 Å². The number of rotatable bonds is 6. The monoisotopic (exact) mass is 370 g/mol. The van der Waals surface area contributed by atoms with Crippen LogP contribution >= 0.6 is 0 Å². The Bertz CT molecular complexity index is 374. The molecule has 11 heteroatoms. The summed E-state index contributed by atoms with van der Waals surface area (Å²) < 4.78 is 25.8. The Morgan fingerprint density at radius 2 is 0.960 bits per heavy atom. The van der Waals surface area contributed by atoms with Crippen molar-refractivity contribution in [3.63, 3.8) is 0 Å². The van der Waals surface area contributed by atoms with Gasteiger partial charge < -0.3 is 54.3 Å². The lowest BCUT2D eigenvalue weighted by Crippen LogP contribution is -2.63. The summed E-state index contributed by atoms with van der Waals surface area (Å²) in [6.07, 6.45) is -14.1. The van der Waals surface area contributed by atoms with Gasteiger partial charge in [0.05, 0.1) is 13.2 Å². The highest BCUT2D eigenvalue weighted by molar-refractivity contribution is 4.92. The molecule has 2 aliphatic rings. The number of aliphatic hydroxyl groups excluding tert-OH is 6. The van der Waals surface area contributed by atoms with E-state index in [9.17, 15) is 30.6 Å². The SMILES string of the molecule is COC[C@H]1O[C@H](O[C@H]2O[C@H](COC)[C@@H](O)[C@H](O)[C@H]2O)[C@H](O)[C@@H](O)[C@@H]1O. The molecule has 0 spiro atoms. The average Bonchev–Trinajstić information content (AvgIpc) is 2.59. The second-order valence-electron chi connectivity index (χ2n) is 6.08. The molecule has 0 aromatic carbocycles. The first-order valence-electron chi connectivity index (χ1n) is 7.84. The van der Waals surface area contributed by atoms with Crippen molar-refractivity contribution in [1.82, 2.24) is 0 Å². The van der Waals surface area contributed by atoms with Crippen LogP contribution < -0.4 is 0 Å². The first-order chi connectivity index (χ1) is 11.8. The topological polar surface area (TPSA) is 168 Å². The minimum absolute atomic E-state index is 0.0769. The summed E-state index contributed by atoms with van der Waals surface area (Å²) in [5.41, 5.74) is 0. The Morgan fingerprint density at radius 1 is 0.600 bits per heavy atom. The fraction of sp³-hybridized carbons (Fsp3) is 1.00. The van der Waals surface area contributed by atoms with Crippen LogP contribution in [0.15, 0.2) is 0 Å². The van der Waals surface area contributed by atoms with Gasteiger partial charge in [-0.2, -0.15) is 0 Å². The normalized spacial score (nSPS) is 48.5. The van der Waals surface area contributed by atoms with Crippen molar-refractivity contribution in [2.45, 2.75) is 61.4 Å². The van der Waals surface area contributed by atoms with Crippen LogP contribution in [0, 0.1) is 0 Å². The Labute approximate surface area is 144 Å². The zero-order valence-corrected chi connectivity index (χ0v) is 13.9. The molecule has 2 heterocycles. The van der Waals surface area contributed by atoms with Gasteiger partial charge in [-0.15, -0.1) is 0 Å². The largest absolute Gasteiger partial charge is 0.387 e. The molecule has 25 heavy (non-hydrogen) atoms. The molecule has 6 N–H and O–H groups in total. The Hall–Kier alpha value is -0.440. The summed E-state index contributed by atoms with van der Waals surface area (Å²) in [6, 6.07) is 0. The van der Waals surface area contributed by atoms with Gasteiger partial charge in [0.15, 0.2) is 12.6 Å². The molecule has 2 fully saturated rings. The fourth-order valence-corrected chi connectivity index (χ4v) is 2.79. The predicted molar refractivity (Wildman–Crippen MR) is 78.2 cm³/mol. The second-order valence-corrected chi connectivity index (χ2v) is 6.08. The number of hydrogen-bond acceptors (Lipinski definition) is 11. The van der Waals surface area contributed by atoms with Crippen LogP contribution in [-0.2, 0) is 23.7 Å². The van der Waals surface area contributed by atoms with E-state index in [0.29, 0.717) is 0 Å². The van der Waals surface area contributed by atoms with E-state index in [4.69, 9.17) is 23.7 Å². The zero-order chi connectivity index (χ0) is 18.7. The fourth-order valence-electron chi connectivity index (χ4n) is 2.79. The summed E-state index contributed by atoms with van der Waals surface area (Å²) >= 11 is 0. The van der Waals surface area contributed by atoms with Crippen molar-refractivity contribution >= 4 is 0 Å². The molecule has 0 aliphatic carbocycles. The van der Waals surface area contributed by atoms with Crippen LogP contribution in [0.5, 0.6) is 0 Å². The molecular weight excluding hydrogens is 344 g/mol. The molecule has 2 aliphatic heterocycles. The predicted octanol–water partition coefficient (Wildman–Crippen LogP) is -4.09. The molecule has 148 valence electrons. The van der Waals surface area contributed by atoms with E-state index in [1.54, 1.807) is 0 Å². The van der Waals surface area contributed by atoms with Crippen molar-refractivity contribution in [3.8, 4) is 0 Å². The third kappa shape index (κ3) is 4.46. The van der Waals surface area contributed by atoms with E-state index in [-0.39, 0.29) is 13.2 Å². The molecule has 0 saturated carbocycles. The lowest BCUT2D eigenvalue weighted by molar-refractivity contribution is -0.377. The molecule has 0 unspecified atom stereocenters. The van der Waals surface area contributed by atoms with Gasteiger partial charge in [-0.3, -0.25) is 0 Å². The summed E-state index contributed by atoms with van der Waals surface area (Å²) in [6.45, 7) is -0.154. The number of hydrogen-bond donors (Lipinski definition) is 6. The smallest absolute Gasteiger partial charge is 0.189 e. The van der Waals surface area contributed by atoms with E-state index in [0.717, 1.165) is 0 Å². The van der Waals surface area contributed by atoms with Gasteiger partial charge in [0.25, 0.3) is 0 Å². The summed E-state index contributed by atoms with van der Waals surface area (Å²) in [5.74, 6) is 0. The van der Waals surface area contributed by atoms with Crippen LogP contribution in [0.1, 0.15) is 0 Å². The standard InChI is InChI=1S/C14H26O11/c1-21-3-5-7(15)9(17)11(19)13(23-5)25-14-12(20)10(18)8(16)6(24-14)4-22-2/h5-20H,3-4H2,1-2H3/t5-,6-,7-,8-,9+,10+,11-,12-,13-,14-/m1/s1. The van der Waals surface area contributed by atoms with E-state index < -0.39 is 61.4 Å². The first kappa shape index (κ1) is 20.9. The maximum Gasteiger partial charge on any atom is 0.189 e.